The second kappa shape index (κ2) is 7.37. The average Bonchev–Trinajstić information content (AvgIpc) is 2.85. The van der Waals surface area contributed by atoms with Crippen molar-refractivity contribution in [2.24, 2.45) is 16.6 Å². The van der Waals surface area contributed by atoms with Crippen LogP contribution in [0.25, 0.3) is 0 Å². The Morgan fingerprint density at radius 1 is 1.44 bits per heavy atom. The van der Waals surface area contributed by atoms with Crippen LogP contribution in [0.4, 0.5) is 0 Å². The van der Waals surface area contributed by atoms with E-state index in [-0.39, 0.29) is 5.91 Å². The minimum Gasteiger partial charge on any atom is -0.459 e. The molecule has 0 fully saturated rings. The van der Waals surface area contributed by atoms with E-state index < -0.39 is 0 Å². The van der Waals surface area contributed by atoms with Crippen molar-refractivity contribution < 1.29 is 9.21 Å². The highest BCUT2D eigenvalue weighted by atomic mass is 16.3. The van der Waals surface area contributed by atoms with E-state index in [4.69, 9.17) is 10.2 Å². The van der Waals surface area contributed by atoms with Gasteiger partial charge in [-0.3, -0.25) is 9.79 Å². The molecule has 100 valence electrons. The van der Waals surface area contributed by atoms with Crippen LogP contribution in [0.1, 0.15) is 24.4 Å². The number of guanidine groups is 1. The van der Waals surface area contributed by atoms with Gasteiger partial charge in [-0.2, -0.15) is 0 Å². The van der Waals surface area contributed by atoms with Crippen LogP contribution in [-0.4, -0.2) is 31.5 Å². The number of hydrogen-bond acceptors (Lipinski definition) is 3. The van der Waals surface area contributed by atoms with Gasteiger partial charge in [0.05, 0.1) is 6.26 Å². The smallest absolute Gasteiger partial charge is 0.287 e. The highest BCUT2D eigenvalue weighted by Gasteiger charge is 2.06. The number of aliphatic imine (C=N–C) groups is 1. The lowest BCUT2D eigenvalue weighted by molar-refractivity contribution is 0.0926. The largest absolute Gasteiger partial charge is 0.459 e. The average molecular weight is 252 g/mol. The molecule has 0 aliphatic rings. The number of carbonyl (C=O) groups is 1. The first-order valence-corrected chi connectivity index (χ1v) is 5.95. The molecule has 0 bridgehead atoms. The summed E-state index contributed by atoms with van der Waals surface area (Å²) in [7, 11) is 0. The van der Waals surface area contributed by atoms with E-state index in [1.807, 2.05) is 0 Å². The number of amides is 1. The van der Waals surface area contributed by atoms with Gasteiger partial charge in [0.15, 0.2) is 11.7 Å². The van der Waals surface area contributed by atoms with Gasteiger partial charge in [0.1, 0.15) is 0 Å². The first kappa shape index (κ1) is 14.1. The van der Waals surface area contributed by atoms with Crippen LogP contribution in [0, 0.1) is 5.92 Å². The van der Waals surface area contributed by atoms with Crippen LogP contribution in [-0.2, 0) is 0 Å². The van der Waals surface area contributed by atoms with Gasteiger partial charge in [-0.25, -0.2) is 0 Å². The van der Waals surface area contributed by atoms with Gasteiger partial charge in [-0.1, -0.05) is 13.8 Å². The molecule has 0 radical (unpaired) electrons. The molecule has 0 saturated heterocycles. The number of hydrogen-bond donors (Lipinski definition) is 3. The molecule has 1 heterocycles. The zero-order chi connectivity index (χ0) is 13.4. The summed E-state index contributed by atoms with van der Waals surface area (Å²) in [5, 5.41) is 5.62. The second-order valence-electron chi connectivity index (χ2n) is 4.28. The minimum atomic E-state index is -0.237. The van der Waals surface area contributed by atoms with Gasteiger partial charge in [0.2, 0.25) is 0 Å². The maximum Gasteiger partial charge on any atom is 0.287 e. The Balaban J connectivity index is 2.15. The van der Waals surface area contributed by atoms with E-state index >= 15 is 0 Å². The second-order valence-corrected chi connectivity index (χ2v) is 4.28. The van der Waals surface area contributed by atoms with Gasteiger partial charge in [0.25, 0.3) is 5.91 Å². The summed E-state index contributed by atoms with van der Waals surface area (Å²) in [6.07, 6.45) is 1.46. The molecule has 0 saturated carbocycles. The molecule has 0 spiro atoms. The molecule has 1 aromatic rings. The Labute approximate surface area is 107 Å². The molecule has 1 amide bonds. The molecule has 6 heteroatoms. The SMILES string of the molecule is CC(C)CN=C(N)NCCNC(=O)c1ccco1. The van der Waals surface area contributed by atoms with E-state index in [1.165, 1.54) is 6.26 Å². The summed E-state index contributed by atoms with van der Waals surface area (Å²) < 4.78 is 4.96. The van der Waals surface area contributed by atoms with Crippen molar-refractivity contribution in [3.8, 4) is 0 Å². The van der Waals surface area contributed by atoms with E-state index in [9.17, 15) is 4.79 Å². The summed E-state index contributed by atoms with van der Waals surface area (Å²) in [4.78, 5) is 15.6. The van der Waals surface area contributed by atoms with Crippen LogP contribution in [0.5, 0.6) is 0 Å². The molecule has 4 N–H and O–H groups in total. The van der Waals surface area contributed by atoms with Crippen molar-refractivity contribution in [2.75, 3.05) is 19.6 Å². The lowest BCUT2D eigenvalue weighted by atomic mass is 10.2. The first-order valence-electron chi connectivity index (χ1n) is 5.95. The van der Waals surface area contributed by atoms with Crippen molar-refractivity contribution in [3.05, 3.63) is 24.2 Å². The van der Waals surface area contributed by atoms with E-state index in [2.05, 4.69) is 29.5 Å². The number of rotatable bonds is 6. The highest BCUT2D eigenvalue weighted by molar-refractivity contribution is 5.91. The fraction of sp³-hybridized carbons (Fsp3) is 0.500. The molecule has 1 rings (SSSR count). The third-order valence-electron chi connectivity index (χ3n) is 2.09. The Bertz CT molecular complexity index is 385. The Kier molecular flexibility index (Phi) is 5.76. The van der Waals surface area contributed by atoms with Gasteiger partial charge in [0, 0.05) is 19.6 Å². The number of nitrogens with two attached hydrogens (primary N) is 1. The summed E-state index contributed by atoms with van der Waals surface area (Å²) in [6.45, 7) is 5.82. The molecule has 0 aliphatic carbocycles. The van der Waals surface area contributed by atoms with Crippen molar-refractivity contribution in [3.63, 3.8) is 0 Å². The number of furan rings is 1. The third-order valence-corrected chi connectivity index (χ3v) is 2.09. The lowest BCUT2D eigenvalue weighted by Crippen LogP contribution is -2.38. The van der Waals surface area contributed by atoms with Crippen LogP contribution >= 0.6 is 0 Å². The van der Waals surface area contributed by atoms with Gasteiger partial charge in [-0.15, -0.1) is 0 Å². The van der Waals surface area contributed by atoms with E-state index in [0.29, 0.717) is 37.3 Å². The summed E-state index contributed by atoms with van der Waals surface area (Å²) in [6, 6.07) is 3.28. The van der Waals surface area contributed by atoms with Crippen molar-refractivity contribution >= 4 is 11.9 Å². The molecule has 0 unspecified atom stereocenters. The first-order chi connectivity index (χ1) is 8.59. The summed E-state index contributed by atoms with van der Waals surface area (Å²) in [5.74, 6) is 0.941. The minimum absolute atomic E-state index is 0.237. The molecule has 6 nitrogen and oxygen atoms in total. The number of nitrogens with zero attached hydrogens (tertiary/aromatic N) is 1. The lowest BCUT2D eigenvalue weighted by Gasteiger charge is -2.07. The molecule has 1 aromatic heterocycles. The predicted molar refractivity (Wildman–Crippen MR) is 70.4 cm³/mol. The molecule has 18 heavy (non-hydrogen) atoms. The van der Waals surface area contributed by atoms with Crippen LogP contribution in [0.15, 0.2) is 27.8 Å². The quantitative estimate of drug-likeness (QED) is 0.392. The standard InChI is InChI=1S/C12H20N4O2/c1-9(2)8-16-12(13)15-6-5-14-11(17)10-4-3-7-18-10/h3-4,7,9H,5-6,8H2,1-2H3,(H,14,17)(H3,13,15,16). The van der Waals surface area contributed by atoms with Gasteiger partial charge >= 0.3 is 0 Å². The zero-order valence-electron chi connectivity index (χ0n) is 10.8. The highest BCUT2D eigenvalue weighted by Crippen LogP contribution is 1.98. The maximum absolute atomic E-state index is 11.5. The molecular formula is C12H20N4O2. The van der Waals surface area contributed by atoms with Crippen molar-refractivity contribution in [1.82, 2.24) is 10.6 Å². The van der Waals surface area contributed by atoms with E-state index in [1.54, 1.807) is 12.1 Å². The van der Waals surface area contributed by atoms with Crippen molar-refractivity contribution in [2.45, 2.75) is 13.8 Å². The van der Waals surface area contributed by atoms with Gasteiger partial charge in [-0.05, 0) is 18.1 Å². The third kappa shape index (κ3) is 5.38. The molecule has 0 aliphatic heterocycles. The molecule has 0 atom stereocenters. The predicted octanol–water partition coefficient (Wildman–Crippen LogP) is 0.570. The Hall–Kier alpha value is -1.98. The fourth-order valence-corrected chi connectivity index (χ4v) is 1.20. The fourth-order valence-electron chi connectivity index (χ4n) is 1.20. The maximum atomic E-state index is 11.5. The summed E-state index contributed by atoms with van der Waals surface area (Å²) >= 11 is 0. The van der Waals surface area contributed by atoms with Crippen LogP contribution in [0.2, 0.25) is 0 Å². The number of carbonyl (C=O) groups excluding carboxylic acids is 1. The monoisotopic (exact) mass is 252 g/mol. The zero-order valence-corrected chi connectivity index (χ0v) is 10.8. The number of nitrogens with one attached hydrogen (secondary N) is 2. The topological polar surface area (TPSA) is 92.6 Å². The van der Waals surface area contributed by atoms with Gasteiger partial charge < -0.3 is 20.8 Å². The Morgan fingerprint density at radius 3 is 2.78 bits per heavy atom. The van der Waals surface area contributed by atoms with Crippen LogP contribution < -0.4 is 16.4 Å². The summed E-state index contributed by atoms with van der Waals surface area (Å²) in [5.41, 5.74) is 5.64. The molecule has 0 aromatic carbocycles. The molecular weight excluding hydrogens is 232 g/mol. The van der Waals surface area contributed by atoms with E-state index in [0.717, 1.165) is 0 Å². The Morgan fingerprint density at radius 2 is 2.17 bits per heavy atom. The van der Waals surface area contributed by atoms with Crippen molar-refractivity contribution in [1.29, 1.82) is 0 Å². The normalized spacial score (nSPS) is 11.6. The van der Waals surface area contributed by atoms with Crippen LogP contribution in [0.3, 0.4) is 0 Å².